The number of nitrogens with two attached hydrogens (primary N) is 1. The van der Waals surface area contributed by atoms with Crippen LogP contribution in [0.4, 0.5) is 9.59 Å². The molecule has 238 valence electrons. The average molecular weight is 596 g/mol. The normalized spacial score (nSPS) is 14.0. The highest BCUT2D eigenvalue weighted by molar-refractivity contribution is 5.81. The predicted octanol–water partition coefficient (Wildman–Crippen LogP) is 5.98. The van der Waals surface area contributed by atoms with E-state index in [1.807, 2.05) is 41.5 Å². The lowest BCUT2D eigenvalue weighted by Gasteiger charge is -2.29. The van der Waals surface area contributed by atoms with E-state index in [0.717, 1.165) is 6.42 Å². The van der Waals surface area contributed by atoms with Gasteiger partial charge in [-0.1, -0.05) is 54.0 Å². The third-order valence-corrected chi connectivity index (χ3v) is 6.53. The summed E-state index contributed by atoms with van der Waals surface area (Å²) in [6.07, 6.45) is -0.349. The number of benzene rings is 1. The Balaban J connectivity index is 3.18. The smallest absolute Gasteiger partial charge is 0.468 e. The third-order valence-electron chi connectivity index (χ3n) is 6.53. The molecule has 0 radical (unpaired) electrons. The van der Waals surface area contributed by atoms with Gasteiger partial charge in [0.05, 0.1) is 20.3 Å². The number of carbonyl (C=O) groups is 4. The number of esters is 2. The van der Waals surface area contributed by atoms with E-state index in [2.05, 4.69) is 0 Å². The first-order valence-electron chi connectivity index (χ1n) is 14.6. The fourth-order valence-corrected chi connectivity index (χ4v) is 3.87. The zero-order valence-electron chi connectivity index (χ0n) is 26.4. The van der Waals surface area contributed by atoms with Crippen molar-refractivity contribution in [2.75, 3.05) is 20.3 Å². The van der Waals surface area contributed by atoms with E-state index in [1.54, 1.807) is 13.0 Å². The van der Waals surface area contributed by atoms with E-state index in [4.69, 9.17) is 34.2 Å². The van der Waals surface area contributed by atoms with E-state index in [-0.39, 0.29) is 55.9 Å². The summed E-state index contributed by atoms with van der Waals surface area (Å²) in [5.41, 5.74) is 5.41. The molecule has 0 bridgehead atoms. The van der Waals surface area contributed by atoms with Gasteiger partial charge in [-0.2, -0.15) is 0 Å². The molecule has 0 aliphatic carbocycles. The molecule has 42 heavy (non-hydrogen) atoms. The molecule has 1 aromatic carbocycles. The van der Waals surface area contributed by atoms with Crippen LogP contribution in [0.25, 0.3) is 0 Å². The van der Waals surface area contributed by atoms with Crippen LogP contribution < -0.4 is 15.2 Å². The van der Waals surface area contributed by atoms with Crippen molar-refractivity contribution < 1.29 is 47.6 Å². The molecule has 0 aliphatic rings. The summed E-state index contributed by atoms with van der Waals surface area (Å²) < 4.78 is 31.4. The standard InChI is InChI=1S/C31H49NO10/c1-9-22(6)16-27(33)40-23(7)18-31(32,28(34)37-8)19-24-10-11-25(41-29(35)38-14-12-20(2)3)26(17-24)42-30(36)39-15-13-21(4)5/h10-11,17,20-23H,9,12-16,18-19,32H2,1-8H3/t22?,23?,31-/m1/s1. The van der Waals surface area contributed by atoms with E-state index in [0.29, 0.717) is 30.2 Å². The number of methoxy groups -OCH3 is 1. The van der Waals surface area contributed by atoms with Crippen molar-refractivity contribution in [2.24, 2.45) is 23.5 Å². The lowest BCUT2D eigenvalue weighted by atomic mass is 9.86. The lowest BCUT2D eigenvalue weighted by Crippen LogP contribution is -2.53. The van der Waals surface area contributed by atoms with Crippen molar-refractivity contribution in [1.82, 2.24) is 0 Å². The van der Waals surface area contributed by atoms with Gasteiger partial charge < -0.3 is 34.2 Å². The number of hydrogen-bond acceptors (Lipinski definition) is 11. The second-order valence-corrected chi connectivity index (χ2v) is 11.6. The maximum absolute atomic E-state index is 12.8. The molecule has 2 N–H and O–H groups in total. The lowest BCUT2D eigenvalue weighted by molar-refractivity contribution is -0.155. The largest absolute Gasteiger partial charge is 0.513 e. The van der Waals surface area contributed by atoms with Gasteiger partial charge in [-0.15, -0.1) is 0 Å². The molecule has 0 fully saturated rings. The maximum Gasteiger partial charge on any atom is 0.513 e. The number of carbonyl (C=O) groups excluding carboxylic acids is 4. The van der Waals surface area contributed by atoms with E-state index >= 15 is 0 Å². The first-order chi connectivity index (χ1) is 19.7. The van der Waals surface area contributed by atoms with Crippen molar-refractivity contribution in [1.29, 1.82) is 0 Å². The van der Waals surface area contributed by atoms with Crippen molar-refractivity contribution in [3.05, 3.63) is 23.8 Å². The van der Waals surface area contributed by atoms with Gasteiger partial charge >= 0.3 is 24.2 Å². The Bertz CT molecular complexity index is 1020. The topological polar surface area (TPSA) is 150 Å². The Hall–Kier alpha value is -3.34. The number of rotatable bonds is 17. The van der Waals surface area contributed by atoms with Crippen LogP contribution in [0, 0.1) is 17.8 Å². The molecule has 0 saturated carbocycles. The van der Waals surface area contributed by atoms with Crippen LogP contribution in [0.2, 0.25) is 0 Å². The molecular formula is C31H49NO10. The molecule has 0 spiro atoms. The van der Waals surface area contributed by atoms with Gasteiger partial charge in [0.1, 0.15) is 11.6 Å². The zero-order valence-corrected chi connectivity index (χ0v) is 26.4. The minimum atomic E-state index is -1.59. The van der Waals surface area contributed by atoms with Crippen molar-refractivity contribution >= 4 is 24.2 Å². The first-order valence-corrected chi connectivity index (χ1v) is 14.6. The molecule has 0 amide bonds. The maximum atomic E-state index is 12.8. The van der Waals surface area contributed by atoms with Crippen LogP contribution >= 0.6 is 0 Å². The van der Waals surface area contributed by atoms with Gasteiger partial charge in [-0.25, -0.2) is 9.59 Å². The van der Waals surface area contributed by atoms with Gasteiger partial charge in [0.15, 0.2) is 11.5 Å². The summed E-state index contributed by atoms with van der Waals surface area (Å²) in [7, 11) is 1.22. The quantitative estimate of drug-likeness (QED) is 0.129. The highest BCUT2D eigenvalue weighted by Crippen LogP contribution is 2.32. The van der Waals surface area contributed by atoms with E-state index in [9.17, 15) is 19.2 Å². The second-order valence-electron chi connectivity index (χ2n) is 11.6. The molecule has 0 aliphatic heterocycles. The summed E-state index contributed by atoms with van der Waals surface area (Å²) in [5.74, 6) is -0.487. The Labute approximate surface area is 249 Å². The molecule has 3 atom stereocenters. The summed E-state index contributed by atoms with van der Waals surface area (Å²) in [6.45, 7) is 13.9. The zero-order chi connectivity index (χ0) is 31.9. The molecular weight excluding hydrogens is 546 g/mol. The molecule has 1 rings (SSSR count). The molecule has 0 saturated heterocycles. The monoisotopic (exact) mass is 595 g/mol. The number of ether oxygens (including phenoxy) is 6. The van der Waals surface area contributed by atoms with E-state index < -0.39 is 29.9 Å². The minimum Gasteiger partial charge on any atom is -0.468 e. The molecule has 0 aromatic heterocycles. The molecule has 11 heteroatoms. The van der Waals surface area contributed by atoms with E-state index in [1.165, 1.54) is 19.2 Å². The van der Waals surface area contributed by atoms with Crippen molar-refractivity contribution in [3.8, 4) is 11.5 Å². The molecule has 0 heterocycles. The first kappa shape index (κ1) is 36.7. The van der Waals surface area contributed by atoms with Crippen molar-refractivity contribution in [2.45, 2.75) is 98.6 Å². The van der Waals surface area contributed by atoms with Crippen LogP contribution in [-0.4, -0.2) is 56.2 Å². The Morgan fingerprint density at radius 3 is 1.90 bits per heavy atom. The second kappa shape index (κ2) is 18.3. The minimum absolute atomic E-state index is 0.0280. The third kappa shape index (κ3) is 14.0. The van der Waals surface area contributed by atoms with Crippen LogP contribution in [0.3, 0.4) is 0 Å². The predicted molar refractivity (Wildman–Crippen MR) is 156 cm³/mol. The van der Waals surface area contributed by atoms with Crippen LogP contribution in [0.5, 0.6) is 11.5 Å². The highest BCUT2D eigenvalue weighted by Gasteiger charge is 2.38. The molecule has 11 nitrogen and oxygen atoms in total. The fourth-order valence-electron chi connectivity index (χ4n) is 3.87. The Kier molecular flexibility index (Phi) is 15.9. The average Bonchev–Trinajstić information content (AvgIpc) is 2.88. The Morgan fingerprint density at radius 1 is 0.857 bits per heavy atom. The number of hydrogen-bond donors (Lipinski definition) is 1. The fraction of sp³-hybridized carbons (Fsp3) is 0.677. The summed E-state index contributed by atoms with van der Waals surface area (Å²) in [4.78, 5) is 49.8. The van der Waals surface area contributed by atoms with Crippen LogP contribution in [-0.2, 0) is 35.0 Å². The van der Waals surface area contributed by atoms with Gasteiger partial charge in [0.2, 0.25) is 0 Å². The van der Waals surface area contributed by atoms with Gasteiger partial charge in [0.25, 0.3) is 0 Å². The SMILES string of the molecule is CCC(C)CC(=O)OC(C)C[C@@](N)(Cc1ccc(OC(=O)OCCC(C)C)c(OC(=O)OCCC(C)C)c1)C(=O)OC. The molecule has 2 unspecified atom stereocenters. The van der Waals surface area contributed by atoms with Gasteiger partial charge in [-0.3, -0.25) is 9.59 Å². The molecule has 1 aromatic rings. The summed E-state index contributed by atoms with van der Waals surface area (Å²) >= 11 is 0. The summed E-state index contributed by atoms with van der Waals surface area (Å²) in [6, 6.07) is 4.39. The highest BCUT2D eigenvalue weighted by atomic mass is 16.7. The van der Waals surface area contributed by atoms with Crippen LogP contribution in [0.15, 0.2) is 18.2 Å². The van der Waals surface area contributed by atoms with Crippen LogP contribution in [0.1, 0.15) is 86.1 Å². The summed E-state index contributed by atoms with van der Waals surface area (Å²) in [5, 5.41) is 0. The van der Waals surface area contributed by atoms with Crippen molar-refractivity contribution in [3.63, 3.8) is 0 Å². The van der Waals surface area contributed by atoms with Gasteiger partial charge in [0, 0.05) is 19.3 Å². The van der Waals surface area contributed by atoms with Gasteiger partial charge in [-0.05, 0) is 55.2 Å². The Morgan fingerprint density at radius 2 is 1.40 bits per heavy atom.